The molecule has 144 valence electrons. The average molecular weight is 380 g/mol. The van der Waals surface area contributed by atoms with Gasteiger partial charge < -0.3 is 25.0 Å². The Morgan fingerprint density at radius 3 is 2.50 bits per heavy atom. The van der Waals surface area contributed by atoms with Gasteiger partial charge in [-0.3, -0.25) is 0 Å². The third kappa shape index (κ3) is 4.98. The number of nitrogens with zero attached hydrogens (tertiary/aromatic N) is 1. The molecule has 2 amide bonds. The Hall–Kier alpha value is -1.60. The molecule has 0 radical (unpaired) electrons. The zero-order valence-electron chi connectivity index (χ0n) is 15.6. The number of carbonyl (C=O) groups is 1. The number of methoxy groups -OCH3 is 2. The van der Waals surface area contributed by atoms with Gasteiger partial charge in [0.05, 0.1) is 19.9 Å². The first kappa shape index (κ1) is 19.2. The van der Waals surface area contributed by atoms with E-state index in [1.165, 1.54) is 24.3 Å². The summed E-state index contributed by atoms with van der Waals surface area (Å²) in [4.78, 5) is 15.0. The monoisotopic (exact) mass is 379 g/mol. The predicted octanol–water partition coefficient (Wildman–Crippen LogP) is 3.19. The second-order valence-corrected chi connectivity index (χ2v) is 8.04. The molecule has 2 fully saturated rings. The van der Waals surface area contributed by atoms with Gasteiger partial charge in [-0.15, -0.1) is 0 Å². The highest BCUT2D eigenvalue weighted by atomic mass is 32.2. The molecule has 0 aliphatic carbocycles. The molecule has 26 heavy (non-hydrogen) atoms. The van der Waals surface area contributed by atoms with E-state index in [1.54, 1.807) is 32.4 Å². The molecule has 2 saturated heterocycles. The van der Waals surface area contributed by atoms with Gasteiger partial charge in [0.1, 0.15) is 11.5 Å². The van der Waals surface area contributed by atoms with Crippen LogP contribution in [0.2, 0.25) is 0 Å². The van der Waals surface area contributed by atoms with E-state index in [-0.39, 0.29) is 12.1 Å². The van der Waals surface area contributed by atoms with E-state index < -0.39 is 0 Å². The van der Waals surface area contributed by atoms with E-state index in [9.17, 15) is 4.79 Å². The molecule has 2 N–H and O–H groups in total. The summed E-state index contributed by atoms with van der Waals surface area (Å²) in [5, 5.41) is 5.99. The number of anilines is 1. The highest BCUT2D eigenvalue weighted by Crippen LogP contribution is 2.29. The fraction of sp³-hybridized carbons (Fsp3) is 0.632. The lowest BCUT2D eigenvalue weighted by Crippen LogP contribution is -2.49. The van der Waals surface area contributed by atoms with Crippen molar-refractivity contribution in [1.29, 1.82) is 0 Å². The number of carbonyl (C=O) groups excluding carboxylic acids is 1. The van der Waals surface area contributed by atoms with Crippen molar-refractivity contribution in [2.75, 3.05) is 44.1 Å². The lowest BCUT2D eigenvalue weighted by atomic mass is 10.0. The molecule has 6 nitrogen and oxygen atoms in total. The Balaban J connectivity index is 1.48. The highest BCUT2D eigenvalue weighted by molar-refractivity contribution is 7.99. The number of hydrogen-bond donors (Lipinski definition) is 2. The minimum absolute atomic E-state index is 0.191. The number of benzene rings is 1. The minimum Gasteiger partial charge on any atom is -0.497 e. The van der Waals surface area contributed by atoms with Crippen LogP contribution in [-0.4, -0.2) is 61.8 Å². The van der Waals surface area contributed by atoms with Crippen molar-refractivity contribution in [2.24, 2.45) is 0 Å². The van der Waals surface area contributed by atoms with Crippen molar-refractivity contribution in [3.05, 3.63) is 18.2 Å². The molecule has 0 spiro atoms. The van der Waals surface area contributed by atoms with Crippen molar-refractivity contribution in [3.63, 3.8) is 0 Å². The second-order valence-electron chi connectivity index (χ2n) is 6.82. The number of amides is 2. The Labute approximate surface area is 160 Å². The van der Waals surface area contributed by atoms with Gasteiger partial charge in [0.15, 0.2) is 0 Å². The van der Waals surface area contributed by atoms with Crippen molar-refractivity contribution in [2.45, 2.75) is 37.8 Å². The van der Waals surface area contributed by atoms with Crippen molar-refractivity contribution < 1.29 is 14.3 Å². The topological polar surface area (TPSA) is 62.8 Å². The van der Waals surface area contributed by atoms with Gasteiger partial charge in [-0.2, -0.15) is 11.8 Å². The van der Waals surface area contributed by atoms with Crippen molar-refractivity contribution in [1.82, 2.24) is 10.2 Å². The summed E-state index contributed by atoms with van der Waals surface area (Å²) >= 11 is 2.07. The van der Waals surface area contributed by atoms with Crippen molar-refractivity contribution in [3.8, 4) is 11.5 Å². The van der Waals surface area contributed by atoms with E-state index in [1.807, 2.05) is 0 Å². The molecule has 0 saturated carbocycles. The van der Waals surface area contributed by atoms with Crippen LogP contribution in [0.5, 0.6) is 11.5 Å². The number of nitrogens with one attached hydrogen (secondary N) is 2. The first-order chi connectivity index (χ1) is 12.7. The Morgan fingerprint density at radius 2 is 1.85 bits per heavy atom. The first-order valence-electron chi connectivity index (χ1n) is 9.31. The maximum atomic E-state index is 12.4. The van der Waals surface area contributed by atoms with E-state index in [2.05, 4.69) is 27.3 Å². The largest absolute Gasteiger partial charge is 0.497 e. The molecule has 7 heteroatoms. The van der Waals surface area contributed by atoms with Crippen LogP contribution in [0.1, 0.15) is 25.7 Å². The van der Waals surface area contributed by atoms with Crippen LogP contribution < -0.4 is 20.1 Å². The molecule has 2 heterocycles. The van der Waals surface area contributed by atoms with Gasteiger partial charge in [0.2, 0.25) is 0 Å². The summed E-state index contributed by atoms with van der Waals surface area (Å²) in [6, 6.07) is 6.13. The quantitative estimate of drug-likeness (QED) is 0.823. The number of likely N-dealkylation sites (tertiary alicyclic amines) is 1. The van der Waals surface area contributed by atoms with Crippen LogP contribution in [0.3, 0.4) is 0 Å². The Bertz CT molecular complexity index is 600. The summed E-state index contributed by atoms with van der Waals surface area (Å²) in [6.07, 6.45) is 4.62. The summed E-state index contributed by atoms with van der Waals surface area (Å²) in [5.74, 6) is 3.87. The van der Waals surface area contributed by atoms with E-state index >= 15 is 0 Å². The zero-order chi connectivity index (χ0) is 18.4. The molecule has 2 aliphatic heterocycles. The second kappa shape index (κ2) is 9.37. The van der Waals surface area contributed by atoms with Crippen LogP contribution in [0.25, 0.3) is 0 Å². The molecule has 2 aliphatic rings. The number of ether oxygens (including phenoxy) is 2. The lowest BCUT2D eigenvalue weighted by molar-refractivity contribution is 0.138. The van der Waals surface area contributed by atoms with Crippen LogP contribution in [0.15, 0.2) is 18.2 Å². The summed E-state index contributed by atoms with van der Waals surface area (Å²) in [5.41, 5.74) is 0.612. The lowest BCUT2D eigenvalue weighted by Gasteiger charge is -2.39. The maximum absolute atomic E-state index is 12.4. The maximum Gasteiger partial charge on any atom is 0.319 e. The van der Waals surface area contributed by atoms with Crippen LogP contribution in [-0.2, 0) is 0 Å². The molecule has 1 aromatic carbocycles. The minimum atomic E-state index is -0.191. The van der Waals surface area contributed by atoms with E-state index in [0.29, 0.717) is 17.2 Å². The standard InChI is InChI=1S/C19H29N3O3S/c1-24-16-3-4-18(25-2)17(13-16)21-19(23)20-14-5-9-22(10-6-14)15-7-11-26-12-8-15/h3-4,13-15H,5-12H2,1-2H3,(H2,20,21,23). The molecular formula is C19H29N3O3S. The third-order valence-corrected chi connectivity index (χ3v) is 6.28. The summed E-state index contributed by atoms with van der Waals surface area (Å²) in [6.45, 7) is 2.14. The average Bonchev–Trinajstić information content (AvgIpc) is 2.69. The smallest absolute Gasteiger partial charge is 0.319 e. The fourth-order valence-electron chi connectivity index (χ4n) is 3.71. The number of thioether (sulfide) groups is 1. The third-order valence-electron chi connectivity index (χ3n) is 5.23. The fourth-order valence-corrected chi connectivity index (χ4v) is 4.80. The van der Waals surface area contributed by atoms with E-state index in [0.717, 1.165) is 32.0 Å². The first-order valence-corrected chi connectivity index (χ1v) is 10.5. The van der Waals surface area contributed by atoms with Crippen LogP contribution in [0.4, 0.5) is 10.5 Å². The molecule has 3 rings (SSSR count). The van der Waals surface area contributed by atoms with Crippen molar-refractivity contribution >= 4 is 23.5 Å². The van der Waals surface area contributed by atoms with Gasteiger partial charge >= 0.3 is 6.03 Å². The molecule has 0 unspecified atom stereocenters. The summed E-state index contributed by atoms with van der Waals surface area (Å²) in [7, 11) is 3.19. The van der Waals surface area contributed by atoms with Gasteiger partial charge in [0, 0.05) is 31.2 Å². The normalized spacial score (nSPS) is 19.8. The molecule has 0 atom stereocenters. The van der Waals surface area contributed by atoms with Gasteiger partial charge in [-0.1, -0.05) is 0 Å². The van der Waals surface area contributed by atoms with Gasteiger partial charge in [-0.05, 0) is 49.3 Å². The number of hydrogen-bond acceptors (Lipinski definition) is 5. The van der Waals surface area contributed by atoms with Gasteiger partial charge in [0.25, 0.3) is 0 Å². The number of rotatable bonds is 5. The van der Waals surface area contributed by atoms with Crippen LogP contribution in [0, 0.1) is 0 Å². The van der Waals surface area contributed by atoms with Gasteiger partial charge in [-0.25, -0.2) is 4.79 Å². The molecule has 0 aromatic heterocycles. The van der Waals surface area contributed by atoms with E-state index in [4.69, 9.17) is 9.47 Å². The van der Waals surface area contributed by atoms with Crippen LogP contribution >= 0.6 is 11.8 Å². The zero-order valence-corrected chi connectivity index (χ0v) is 16.4. The number of piperidine rings is 1. The summed E-state index contributed by atoms with van der Waals surface area (Å²) < 4.78 is 10.5. The molecule has 1 aromatic rings. The molecule has 0 bridgehead atoms. The highest BCUT2D eigenvalue weighted by Gasteiger charge is 2.27. The predicted molar refractivity (Wildman–Crippen MR) is 107 cm³/mol. The molecular weight excluding hydrogens is 350 g/mol. The Morgan fingerprint density at radius 1 is 1.12 bits per heavy atom. The number of urea groups is 1. The SMILES string of the molecule is COc1ccc(OC)c(NC(=O)NC2CCN(C3CCSCC3)CC2)c1. The Kier molecular flexibility index (Phi) is 6.91.